The number of halogens is 1. The molecule has 0 aliphatic rings. The first-order valence-electron chi connectivity index (χ1n) is 6.17. The van der Waals surface area contributed by atoms with Crippen molar-refractivity contribution >= 4 is 11.6 Å². The van der Waals surface area contributed by atoms with Gasteiger partial charge in [0.25, 0.3) is 0 Å². The van der Waals surface area contributed by atoms with Crippen LogP contribution in [0.3, 0.4) is 0 Å². The molecule has 0 radical (unpaired) electrons. The summed E-state index contributed by atoms with van der Waals surface area (Å²) in [6, 6.07) is 5.28. The average molecular weight is 281 g/mol. The number of benzene rings is 1. The van der Waals surface area contributed by atoms with Crippen LogP contribution >= 0.6 is 11.6 Å². The molecule has 19 heavy (non-hydrogen) atoms. The van der Waals surface area contributed by atoms with Gasteiger partial charge in [0.05, 0.1) is 35.8 Å². The molecule has 1 heterocycles. The van der Waals surface area contributed by atoms with Crippen LogP contribution in [0.1, 0.15) is 31.5 Å². The molecular formula is C13H17ClN4O. The molecule has 0 aliphatic carbocycles. The lowest BCUT2D eigenvalue weighted by Crippen LogP contribution is -2.10. The van der Waals surface area contributed by atoms with Gasteiger partial charge in [0.1, 0.15) is 5.75 Å². The maximum atomic E-state index is 6.16. The van der Waals surface area contributed by atoms with Gasteiger partial charge in [-0.15, -0.1) is 5.10 Å². The summed E-state index contributed by atoms with van der Waals surface area (Å²) in [4.78, 5) is 0. The molecule has 1 aromatic heterocycles. The summed E-state index contributed by atoms with van der Waals surface area (Å²) in [5, 5.41) is 8.75. The molecule has 0 aliphatic heterocycles. The van der Waals surface area contributed by atoms with E-state index in [1.807, 2.05) is 6.07 Å². The Morgan fingerprint density at radius 3 is 2.95 bits per heavy atom. The maximum absolute atomic E-state index is 6.16. The number of aromatic nitrogens is 3. The summed E-state index contributed by atoms with van der Waals surface area (Å²) in [7, 11) is 1.61. The highest BCUT2D eigenvalue weighted by Crippen LogP contribution is 2.25. The van der Waals surface area contributed by atoms with Gasteiger partial charge in [0.2, 0.25) is 0 Å². The first-order chi connectivity index (χ1) is 9.15. The highest BCUT2D eigenvalue weighted by molar-refractivity contribution is 6.32. The van der Waals surface area contributed by atoms with E-state index in [-0.39, 0.29) is 6.04 Å². The molecule has 5 nitrogen and oxygen atoms in total. The van der Waals surface area contributed by atoms with Crippen LogP contribution in [0.4, 0.5) is 0 Å². The van der Waals surface area contributed by atoms with E-state index in [2.05, 4.69) is 17.2 Å². The molecule has 0 saturated carbocycles. The zero-order chi connectivity index (χ0) is 13.8. The summed E-state index contributed by atoms with van der Waals surface area (Å²) >= 11 is 6.16. The Morgan fingerprint density at radius 1 is 1.47 bits per heavy atom. The maximum Gasteiger partial charge on any atom is 0.121 e. The van der Waals surface area contributed by atoms with Crippen LogP contribution in [-0.2, 0) is 0 Å². The number of rotatable bonds is 5. The highest BCUT2D eigenvalue weighted by atomic mass is 35.5. The van der Waals surface area contributed by atoms with Gasteiger partial charge in [-0.3, -0.25) is 0 Å². The number of nitrogens with two attached hydrogens (primary N) is 1. The minimum atomic E-state index is -0.0943. The van der Waals surface area contributed by atoms with Gasteiger partial charge in [0, 0.05) is 6.07 Å². The van der Waals surface area contributed by atoms with E-state index in [4.69, 9.17) is 22.1 Å². The lowest BCUT2D eigenvalue weighted by Gasteiger charge is -2.07. The van der Waals surface area contributed by atoms with E-state index in [1.165, 1.54) is 0 Å². The van der Waals surface area contributed by atoms with Crippen molar-refractivity contribution in [1.82, 2.24) is 15.0 Å². The zero-order valence-corrected chi connectivity index (χ0v) is 11.8. The van der Waals surface area contributed by atoms with E-state index in [9.17, 15) is 0 Å². The molecule has 102 valence electrons. The van der Waals surface area contributed by atoms with E-state index in [0.717, 1.165) is 24.2 Å². The van der Waals surface area contributed by atoms with Crippen molar-refractivity contribution in [2.45, 2.75) is 25.8 Å². The monoisotopic (exact) mass is 280 g/mol. The molecule has 0 amide bonds. The summed E-state index contributed by atoms with van der Waals surface area (Å²) < 4.78 is 6.80. The minimum Gasteiger partial charge on any atom is -0.497 e. The Kier molecular flexibility index (Phi) is 4.39. The Hall–Kier alpha value is -1.59. The fraction of sp³-hybridized carbons (Fsp3) is 0.385. The van der Waals surface area contributed by atoms with Crippen molar-refractivity contribution in [2.75, 3.05) is 7.11 Å². The number of hydrogen-bond acceptors (Lipinski definition) is 4. The molecule has 2 aromatic rings. The van der Waals surface area contributed by atoms with Gasteiger partial charge in [-0.05, 0) is 18.6 Å². The van der Waals surface area contributed by atoms with Crippen molar-refractivity contribution in [1.29, 1.82) is 0 Å². The van der Waals surface area contributed by atoms with Crippen molar-refractivity contribution in [2.24, 2.45) is 5.73 Å². The van der Waals surface area contributed by atoms with Gasteiger partial charge in [-0.1, -0.05) is 30.2 Å². The van der Waals surface area contributed by atoms with E-state index < -0.39 is 0 Å². The normalized spacial score (nSPS) is 12.4. The Morgan fingerprint density at radius 2 is 2.26 bits per heavy atom. The second-order valence-corrected chi connectivity index (χ2v) is 4.71. The van der Waals surface area contributed by atoms with E-state index in [0.29, 0.717) is 10.8 Å². The molecule has 6 heteroatoms. The number of nitrogens with zero attached hydrogens (tertiary/aromatic N) is 3. The highest BCUT2D eigenvalue weighted by Gasteiger charge is 2.12. The minimum absolute atomic E-state index is 0.0943. The van der Waals surface area contributed by atoms with Gasteiger partial charge in [0.15, 0.2) is 0 Å². The summed E-state index contributed by atoms with van der Waals surface area (Å²) in [5.41, 5.74) is 7.51. The third-order valence-electron chi connectivity index (χ3n) is 2.89. The molecule has 1 unspecified atom stereocenters. The van der Waals surface area contributed by atoms with Gasteiger partial charge in [-0.25, -0.2) is 4.68 Å². The largest absolute Gasteiger partial charge is 0.497 e. The standard InChI is InChI=1S/C13H17ClN4O/c1-3-4-11(15)12-8-18(17-16-12)13-7-9(19-2)5-6-10(13)14/h5-8,11H,3-4,15H2,1-2H3. The summed E-state index contributed by atoms with van der Waals surface area (Å²) in [5.74, 6) is 0.717. The zero-order valence-electron chi connectivity index (χ0n) is 11.0. The van der Waals surface area contributed by atoms with Crippen molar-refractivity contribution in [3.8, 4) is 11.4 Å². The molecule has 0 fully saturated rings. The number of methoxy groups -OCH3 is 1. The lowest BCUT2D eigenvalue weighted by atomic mass is 10.1. The molecule has 0 spiro atoms. The average Bonchev–Trinajstić information content (AvgIpc) is 2.89. The quantitative estimate of drug-likeness (QED) is 0.914. The van der Waals surface area contributed by atoms with Crippen LogP contribution in [0.15, 0.2) is 24.4 Å². The third-order valence-corrected chi connectivity index (χ3v) is 3.21. The van der Waals surface area contributed by atoms with Gasteiger partial charge < -0.3 is 10.5 Å². The topological polar surface area (TPSA) is 66.0 Å². The van der Waals surface area contributed by atoms with Crippen LogP contribution in [0, 0.1) is 0 Å². The fourth-order valence-electron chi connectivity index (χ4n) is 1.82. The third kappa shape index (κ3) is 3.05. The predicted octanol–water partition coefficient (Wildman–Crippen LogP) is 2.73. The molecule has 1 aromatic carbocycles. The van der Waals surface area contributed by atoms with Crippen LogP contribution < -0.4 is 10.5 Å². The first kappa shape index (κ1) is 13.8. The van der Waals surface area contributed by atoms with Crippen LogP contribution in [0.5, 0.6) is 5.75 Å². The van der Waals surface area contributed by atoms with Gasteiger partial charge >= 0.3 is 0 Å². The van der Waals surface area contributed by atoms with Crippen molar-refractivity contribution in [3.63, 3.8) is 0 Å². The molecule has 2 rings (SSSR count). The van der Waals surface area contributed by atoms with Crippen molar-refractivity contribution in [3.05, 3.63) is 35.1 Å². The molecule has 1 atom stereocenters. The van der Waals surface area contributed by atoms with Crippen molar-refractivity contribution < 1.29 is 4.74 Å². The molecule has 0 saturated heterocycles. The first-order valence-corrected chi connectivity index (χ1v) is 6.55. The van der Waals surface area contributed by atoms with E-state index >= 15 is 0 Å². The van der Waals surface area contributed by atoms with Gasteiger partial charge in [-0.2, -0.15) is 0 Å². The molecule has 0 bridgehead atoms. The number of ether oxygens (including phenoxy) is 1. The Bertz CT molecular complexity index is 555. The molecular weight excluding hydrogens is 264 g/mol. The molecule has 2 N–H and O–H groups in total. The second-order valence-electron chi connectivity index (χ2n) is 4.30. The van der Waals surface area contributed by atoms with Crippen LogP contribution in [0.25, 0.3) is 5.69 Å². The predicted molar refractivity (Wildman–Crippen MR) is 74.8 cm³/mol. The Labute approximate surface area is 117 Å². The van der Waals surface area contributed by atoms with Crippen LogP contribution in [-0.4, -0.2) is 22.1 Å². The number of hydrogen-bond donors (Lipinski definition) is 1. The Balaban J connectivity index is 2.32. The lowest BCUT2D eigenvalue weighted by molar-refractivity contribution is 0.414. The van der Waals surface area contributed by atoms with Crippen LogP contribution in [0.2, 0.25) is 5.02 Å². The smallest absolute Gasteiger partial charge is 0.121 e. The summed E-state index contributed by atoms with van der Waals surface area (Å²) in [6.07, 6.45) is 3.69. The SMILES string of the molecule is CCCC(N)c1cn(-c2cc(OC)ccc2Cl)nn1. The fourth-order valence-corrected chi connectivity index (χ4v) is 2.02. The summed E-state index contributed by atoms with van der Waals surface area (Å²) in [6.45, 7) is 2.09. The van der Waals surface area contributed by atoms with E-state index in [1.54, 1.807) is 30.1 Å². The second kappa shape index (κ2) is 6.04.